The molecule has 0 atom stereocenters. The zero-order valence-corrected chi connectivity index (χ0v) is 12.1. The van der Waals surface area contributed by atoms with Gasteiger partial charge < -0.3 is 4.74 Å². The number of imidazole rings is 1. The molecule has 0 aliphatic rings. The van der Waals surface area contributed by atoms with Gasteiger partial charge in [-0.2, -0.15) is 13.2 Å². The fraction of sp³-hybridized carbons (Fsp3) is 0.133. The standard InChI is InChI=1S/C15H10ClF3N2O/c1-22-10-5-2-4-9(8-10)12-13(16)20-14-11(15(17,18)19)6-3-7-21(12)14/h2-8H,1H3. The van der Waals surface area contributed by atoms with Gasteiger partial charge in [-0.1, -0.05) is 23.7 Å². The van der Waals surface area contributed by atoms with Crippen molar-refractivity contribution in [2.75, 3.05) is 7.11 Å². The second kappa shape index (κ2) is 5.21. The van der Waals surface area contributed by atoms with Gasteiger partial charge in [0.25, 0.3) is 0 Å². The van der Waals surface area contributed by atoms with Gasteiger partial charge in [-0.05, 0) is 24.3 Å². The molecule has 0 N–H and O–H groups in total. The van der Waals surface area contributed by atoms with E-state index in [-0.39, 0.29) is 10.8 Å². The molecule has 1 aromatic carbocycles. The number of halogens is 4. The highest BCUT2D eigenvalue weighted by molar-refractivity contribution is 6.32. The minimum absolute atomic E-state index is 0.00459. The topological polar surface area (TPSA) is 26.5 Å². The van der Waals surface area contributed by atoms with E-state index in [0.717, 1.165) is 6.07 Å². The van der Waals surface area contributed by atoms with Crippen LogP contribution in [0.1, 0.15) is 5.56 Å². The van der Waals surface area contributed by atoms with Crippen LogP contribution in [0.5, 0.6) is 5.75 Å². The molecule has 0 saturated carbocycles. The first-order chi connectivity index (χ1) is 10.4. The first kappa shape index (κ1) is 14.7. The summed E-state index contributed by atoms with van der Waals surface area (Å²) in [4.78, 5) is 3.88. The molecule has 2 aromatic heterocycles. The van der Waals surface area contributed by atoms with E-state index in [9.17, 15) is 13.2 Å². The molecule has 22 heavy (non-hydrogen) atoms. The Kier molecular flexibility index (Phi) is 3.48. The van der Waals surface area contributed by atoms with Gasteiger partial charge in [-0.25, -0.2) is 4.98 Å². The lowest BCUT2D eigenvalue weighted by Gasteiger charge is -2.09. The first-order valence-electron chi connectivity index (χ1n) is 6.30. The van der Waals surface area contributed by atoms with Crippen molar-refractivity contribution in [2.45, 2.75) is 6.18 Å². The van der Waals surface area contributed by atoms with E-state index < -0.39 is 11.7 Å². The Hall–Kier alpha value is -2.21. The summed E-state index contributed by atoms with van der Waals surface area (Å²) in [5.74, 6) is 0.579. The molecule has 0 spiro atoms. The normalized spacial score (nSPS) is 11.9. The third-order valence-corrected chi connectivity index (χ3v) is 3.52. The Bertz CT molecular complexity index is 842. The average molecular weight is 327 g/mol. The molecule has 3 rings (SSSR count). The third kappa shape index (κ3) is 2.39. The molecule has 0 saturated heterocycles. The van der Waals surface area contributed by atoms with Crippen LogP contribution < -0.4 is 4.74 Å². The quantitative estimate of drug-likeness (QED) is 0.683. The van der Waals surface area contributed by atoms with E-state index >= 15 is 0 Å². The summed E-state index contributed by atoms with van der Waals surface area (Å²) in [5, 5.41) is 0.00459. The number of aromatic nitrogens is 2. The van der Waals surface area contributed by atoms with Crippen LogP contribution in [0.15, 0.2) is 42.6 Å². The van der Waals surface area contributed by atoms with Gasteiger partial charge in [0, 0.05) is 11.8 Å². The molecule has 0 radical (unpaired) electrons. The van der Waals surface area contributed by atoms with Gasteiger partial charge in [0.15, 0.2) is 10.8 Å². The maximum atomic E-state index is 13.1. The molecule has 0 bridgehead atoms. The van der Waals surface area contributed by atoms with E-state index in [2.05, 4.69) is 4.98 Å². The van der Waals surface area contributed by atoms with E-state index in [1.165, 1.54) is 23.8 Å². The van der Waals surface area contributed by atoms with E-state index in [1.54, 1.807) is 24.3 Å². The predicted octanol–water partition coefficient (Wildman–Crippen LogP) is 4.68. The van der Waals surface area contributed by atoms with E-state index in [1.807, 2.05) is 0 Å². The Labute approximate surface area is 128 Å². The fourth-order valence-corrected chi connectivity index (χ4v) is 2.57. The molecule has 2 heterocycles. The fourth-order valence-electron chi connectivity index (χ4n) is 2.29. The summed E-state index contributed by atoms with van der Waals surface area (Å²) in [7, 11) is 1.51. The number of ether oxygens (including phenoxy) is 1. The van der Waals surface area contributed by atoms with Gasteiger partial charge in [0.05, 0.1) is 18.4 Å². The second-order valence-electron chi connectivity index (χ2n) is 4.60. The van der Waals surface area contributed by atoms with Crippen LogP contribution in [0, 0.1) is 0 Å². The van der Waals surface area contributed by atoms with Gasteiger partial charge in [-0.3, -0.25) is 4.40 Å². The molecule has 0 unspecified atom stereocenters. The Morgan fingerprint density at radius 2 is 1.95 bits per heavy atom. The van der Waals surface area contributed by atoms with Crippen LogP contribution >= 0.6 is 11.6 Å². The van der Waals surface area contributed by atoms with Crippen molar-refractivity contribution in [3.63, 3.8) is 0 Å². The SMILES string of the molecule is COc1cccc(-c2c(Cl)nc3c(C(F)(F)F)cccn23)c1. The van der Waals surface area contributed by atoms with Gasteiger partial charge in [0.2, 0.25) is 0 Å². The van der Waals surface area contributed by atoms with E-state index in [0.29, 0.717) is 17.0 Å². The molecule has 0 aliphatic heterocycles. The molecule has 3 nitrogen and oxygen atoms in total. The van der Waals surface area contributed by atoms with Crippen molar-refractivity contribution < 1.29 is 17.9 Å². The minimum atomic E-state index is -4.50. The van der Waals surface area contributed by atoms with Gasteiger partial charge in [0.1, 0.15) is 5.75 Å². The predicted molar refractivity (Wildman–Crippen MR) is 77.2 cm³/mol. The molecular formula is C15H10ClF3N2O. The highest BCUT2D eigenvalue weighted by Crippen LogP contribution is 2.36. The zero-order valence-electron chi connectivity index (χ0n) is 11.4. The van der Waals surface area contributed by atoms with Crippen molar-refractivity contribution in [2.24, 2.45) is 0 Å². The number of fused-ring (bicyclic) bond motifs is 1. The summed E-state index contributed by atoms with van der Waals surface area (Å²) in [6.45, 7) is 0. The summed E-state index contributed by atoms with van der Waals surface area (Å²) >= 11 is 6.08. The molecule has 0 amide bonds. The third-order valence-electron chi connectivity index (χ3n) is 3.26. The molecule has 0 aliphatic carbocycles. The lowest BCUT2D eigenvalue weighted by Crippen LogP contribution is -2.07. The molecule has 3 aromatic rings. The van der Waals surface area contributed by atoms with Crippen molar-refractivity contribution in [3.8, 4) is 17.0 Å². The highest BCUT2D eigenvalue weighted by Gasteiger charge is 2.34. The first-order valence-corrected chi connectivity index (χ1v) is 6.68. The number of alkyl halides is 3. The minimum Gasteiger partial charge on any atom is -0.497 e. The summed E-state index contributed by atoms with van der Waals surface area (Å²) < 4.78 is 45.7. The average Bonchev–Trinajstić information content (AvgIpc) is 2.81. The van der Waals surface area contributed by atoms with Crippen LogP contribution in [0.3, 0.4) is 0 Å². The Morgan fingerprint density at radius 1 is 1.18 bits per heavy atom. The second-order valence-corrected chi connectivity index (χ2v) is 4.95. The smallest absolute Gasteiger partial charge is 0.419 e. The number of nitrogens with zero attached hydrogens (tertiary/aromatic N) is 2. The lowest BCUT2D eigenvalue weighted by molar-refractivity contribution is -0.136. The highest BCUT2D eigenvalue weighted by atomic mass is 35.5. The number of methoxy groups -OCH3 is 1. The van der Waals surface area contributed by atoms with E-state index in [4.69, 9.17) is 16.3 Å². The number of rotatable bonds is 2. The number of hydrogen-bond acceptors (Lipinski definition) is 2. The van der Waals surface area contributed by atoms with Crippen molar-refractivity contribution >= 4 is 17.2 Å². The largest absolute Gasteiger partial charge is 0.497 e. The Morgan fingerprint density at radius 3 is 2.64 bits per heavy atom. The maximum Gasteiger partial charge on any atom is 0.419 e. The zero-order chi connectivity index (χ0) is 15.9. The molecule has 7 heteroatoms. The van der Waals surface area contributed by atoms with Crippen molar-refractivity contribution in [1.29, 1.82) is 0 Å². The van der Waals surface area contributed by atoms with Crippen LogP contribution in [-0.2, 0) is 6.18 Å². The summed E-state index contributed by atoms with van der Waals surface area (Å²) in [6, 6.07) is 9.19. The van der Waals surface area contributed by atoms with Crippen LogP contribution in [0.4, 0.5) is 13.2 Å². The van der Waals surface area contributed by atoms with Crippen LogP contribution in [0.25, 0.3) is 16.9 Å². The summed E-state index contributed by atoms with van der Waals surface area (Å²) in [5.41, 5.74) is -0.0401. The number of benzene rings is 1. The number of hydrogen-bond donors (Lipinski definition) is 0. The maximum absolute atomic E-state index is 13.1. The molecule has 114 valence electrons. The molecular weight excluding hydrogens is 317 g/mol. The summed E-state index contributed by atoms with van der Waals surface area (Å²) in [6.07, 6.45) is -3.00. The van der Waals surface area contributed by atoms with Crippen molar-refractivity contribution in [3.05, 3.63) is 53.3 Å². The van der Waals surface area contributed by atoms with Gasteiger partial charge in [-0.15, -0.1) is 0 Å². The Balaban J connectivity index is 2.29. The lowest BCUT2D eigenvalue weighted by atomic mass is 10.1. The monoisotopic (exact) mass is 326 g/mol. The van der Waals surface area contributed by atoms with Crippen LogP contribution in [-0.4, -0.2) is 16.5 Å². The van der Waals surface area contributed by atoms with Crippen molar-refractivity contribution in [1.82, 2.24) is 9.38 Å². The number of pyridine rings is 1. The van der Waals surface area contributed by atoms with Crippen LogP contribution in [0.2, 0.25) is 5.15 Å². The molecule has 0 fully saturated rings. The van der Waals surface area contributed by atoms with Gasteiger partial charge >= 0.3 is 6.18 Å².